The first kappa shape index (κ1) is 15.9. The maximum absolute atomic E-state index is 12.4. The average Bonchev–Trinajstić information content (AvgIpc) is 2.93. The Morgan fingerprint density at radius 1 is 1.17 bits per heavy atom. The van der Waals surface area contributed by atoms with Gasteiger partial charge in [-0.25, -0.2) is 0 Å². The van der Waals surface area contributed by atoms with E-state index >= 15 is 0 Å². The number of hydrogen-bond donors (Lipinski definition) is 2. The molecule has 1 aromatic heterocycles. The van der Waals surface area contributed by atoms with Crippen LogP contribution in [0, 0.1) is 0 Å². The molecule has 0 aliphatic carbocycles. The van der Waals surface area contributed by atoms with E-state index in [0.29, 0.717) is 27.3 Å². The summed E-state index contributed by atoms with van der Waals surface area (Å²) >= 11 is 5.81. The van der Waals surface area contributed by atoms with Gasteiger partial charge >= 0.3 is 0 Å². The van der Waals surface area contributed by atoms with Crippen molar-refractivity contribution in [1.82, 2.24) is 0 Å². The number of carbonyl (C=O) groups is 2. The Morgan fingerprint density at radius 2 is 1.88 bits per heavy atom. The van der Waals surface area contributed by atoms with Crippen molar-refractivity contribution in [2.75, 3.05) is 12.4 Å². The molecule has 0 saturated carbocycles. The van der Waals surface area contributed by atoms with Crippen LogP contribution in [-0.4, -0.2) is 18.9 Å². The summed E-state index contributed by atoms with van der Waals surface area (Å²) in [4.78, 5) is 24.0. The Balaban J connectivity index is 2.03. The average molecular weight is 345 g/mol. The van der Waals surface area contributed by atoms with Crippen molar-refractivity contribution in [1.29, 1.82) is 0 Å². The van der Waals surface area contributed by atoms with Crippen LogP contribution in [0.25, 0.3) is 11.0 Å². The first-order valence-electron chi connectivity index (χ1n) is 6.97. The van der Waals surface area contributed by atoms with Crippen LogP contribution in [0.15, 0.2) is 46.9 Å². The molecule has 1 heterocycles. The van der Waals surface area contributed by atoms with Crippen molar-refractivity contribution in [2.24, 2.45) is 5.73 Å². The number of fused-ring (bicyclic) bond motifs is 1. The van der Waals surface area contributed by atoms with Gasteiger partial charge in [0.2, 0.25) is 5.76 Å². The highest BCUT2D eigenvalue weighted by molar-refractivity contribution is 6.30. The number of anilines is 1. The fourth-order valence-electron chi connectivity index (χ4n) is 2.29. The SMILES string of the molecule is COc1ccc2c(NC(=O)c3ccc(Cl)cc3)c(C(N)=O)oc2c1. The van der Waals surface area contributed by atoms with Gasteiger partial charge in [-0.3, -0.25) is 9.59 Å². The quantitative estimate of drug-likeness (QED) is 0.757. The maximum atomic E-state index is 12.4. The lowest BCUT2D eigenvalue weighted by atomic mass is 10.1. The number of amides is 2. The van der Waals surface area contributed by atoms with Crippen LogP contribution in [0.2, 0.25) is 5.02 Å². The number of furan rings is 1. The molecule has 122 valence electrons. The third-order valence-corrected chi connectivity index (χ3v) is 3.72. The van der Waals surface area contributed by atoms with Crippen LogP contribution in [0.5, 0.6) is 5.75 Å². The van der Waals surface area contributed by atoms with E-state index in [0.717, 1.165) is 0 Å². The zero-order valence-corrected chi connectivity index (χ0v) is 13.4. The van der Waals surface area contributed by atoms with Crippen LogP contribution in [0.4, 0.5) is 5.69 Å². The summed E-state index contributed by atoms with van der Waals surface area (Å²) in [5, 5.41) is 3.74. The molecule has 0 aliphatic rings. The largest absolute Gasteiger partial charge is 0.497 e. The molecule has 2 amide bonds. The monoisotopic (exact) mass is 344 g/mol. The van der Waals surface area contributed by atoms with Crippen molar-refractivity contribution >= 4 is 40.1 Å². The van der Waals surface area contributed by atoms with Crippen LogP contribution in [0.3, 0.4) is 0 Å². The zero-order valence-electron chi connectivity index (χ0n) is 12.6. The summed E-state index contributed by atoms with van der Waals surface area (Å²) in [7, 11) is 1.52. The minimum atomic E-state index is -0.781. The van der Waals surface area contributed by atoms with E-state index in [9.17, 15) is 9.59 Å². The van der Waals surface area contributed by atoms with Crippen molar-refractivity contribution in [3.05, 3.63) is 58.8 Å². The van der Waals surface area contributed by atoms with Crippen molar-refractivity contribution < 1.29 is 18.7 Å². The van der Waals surface area contributed by atoms with Crippen LogP contribution >= 0.6 is 11.6 Å². The fraction of sp³-hybridized carbons (Fsp3) is 0.0588. The number of nitrogens with two attached hydrogens (primary N) is 1. The second-order valence-corrected chi connectivity index (χ2v) is 5.43. The van der Waals surface area contributed by atoms with E-state index in [1.807, 2.05) is 0 Å². The Labute approximate surface area is 142 Å². The highest BCUT2D eigenvalue weighted by atomic mass is 35.5. The second kappa shape index (κ2) is 6.25. The van der Waals surface area contributed by atoms with Gasteiger partial charge in [0.05, 0.1) is 7.11 Å². The topological polar surface area (TPSA) is 94.6 Å². The molecule has 0 bridgehead atoms. The first-order valence-corrected chi connectivity index (χ1v) is 7.34. The summed E-state index contributed by atoms with van der Waals surface area (Å²) in [6, 6.07) is 11.3. The third-order valence-electron chi connectivity index (χ3n) is 3.47. The maximum Gasteiger partial charge on any atom is 0.286 e. The number of nitrogens with one attached hydrogen (secondary N) is 1. The first-order chi connectivity index (χ1) is 11.5. The van der Waals surface area contributed by atoms with Crippen LogP contribution < -0.4 is 15.8 Å². The molecule has 0 spiro atoms. The van der Waals surface area contributed by atoms with E-state index in [4.69, 9.17) is 26.5 Å². The molecule has 6 nitrogen and oxygen atoms in total. The highest BCUT2D eigenvalue weighted by Gasteiger charge is 2.21. The van der Waals surface area contributed by atoms with Gasteiger partial charge in [0.15, 0.2) is 0 Å². The minimum absolute atomic E-state index is 0.124. The van der Waals surface area contributed by atoms with Crippen molar-refractivity contribution in [3.63, 3.8) is 0 Å². The predicted molar refractivity (Wildman–Crippen MR) is 90.7 cm³/mol. The summed E-state index contributed by atoms with van der Waals surface area (Å²) in [5.74, 6) is -0.757. The number of ether oxygens (including phenoxy) is 1. The standard InChI is InChI=1S/C17H13ClN2O4/c1-23-11-6-7-12-13(8-11)24-15(16(19)21)14(12)20-17(22)9-2-4-10(18)5-3-9/h2-8H,1H3,(H2,19,21)(H,20,22). The zero-order chi connectivity index (χ0) is 17.3. The smallest absolute Gasteiger partial charge is 0.286 e. The molecule has 0 aliphatic heterocycles. The van der Waals surface area contributed by atoms with Crippen LogP contribution in [0.1, 0.15) is 20.9 Å². The number of hydrogen-bond acceptors (Lipinski definition) is 4. The number of methoxy groups -OCH3 is 1. The van der Waals surface area contributed by atoms with Gasteiger partial charge in [-0.15, -0.1) is 0 Å². The van der Waals surface area contributed by atoms with Gasteiger partial charge in [-0.1, -0.05) is 11.6 Å². The molecule has 0 atom stereocenters. The Bertz CT molecular complexity index is 932. The molecule has 3 rings (SSSR count). The summed E-state index contributed by atoms with van der Waals surface area (Å²) < 4.78 is 10.6. The lowest BCUT2D eigenvalue weighted by molar-refractivity contribution is 0.0977. The van der Waals surface area contributed by atoms with Gasteiger partial charge in [0.1, 0.15) is 17.0 Å². The second-order valence-electron chi connectivity index (χ2n) is 4.99. The van der Waals surface area contributed by atoms with E-state index in [1.54, 1.807) is 42.5 Å². The Hall–Kier alpha value is -2.99. The van der Waals surface area contributed by atoms with Gasteiger partial charge in [-0.05, 0) is 36.4 Å². The number of halogens is 1. The highest BCUT2D eigenvalue weighted by Crippen LogP contribution is 2.33. The van der Waals surface area contributed by atoms with E-state index in [-0.39, 0.29) is 11.4 Å². The third kappa shape index (κ3) is 2.91. The lowest BCUT2D eigenvalue weighted by Crippen LogP contribution is -2.17. The molecule has 3 N–H and O–H groups in total. The van der Waals surface area contributed by atoms with E-state index in [1.165, 1.54) is 7.11 Å². The molecule has 0 unspecified atom stereocenters. The molecule has 0 fully saturated rings. The summed E-state index contributed by atoms with van der Waals surface area (Å²) in [5.41, 5.74) is 6.34. The summed E-state index contributed by atoms with van der Waals surface area (Å²) in [6.07, 6.45) is 0. The number of carbonyl (C=O) groups excluding carboxylic acids is 2. The molecular formula is C17H13ClN2O4. The van der Waals surface area contributed by atoms with Crippen molar-refractivity contribution in [2.45, 2.75) is 0 Å². The van der Waals surface area contributed by atoms with Gasteiger partial charge in [-0.2, -0.15) is 0 Å². The fourth-order valence-corrected chi connectivity index (χ4v) is 2.41. The lowest BCUT2D eigenvalue weighted by Gasteiger charge is -2.05. The molecule has 7 heteroatoms. The normalized spacial score (nSPS) is 10.6. The number of benzene rings is 2. The van der Waals surface area contributed by atoms with E-state index < -0.39 is 11.8 Å². The molecule has 0 radical (unpaired) electrons. The number of primary amides is 1. The molecular weight excluding hydrogens is 332 g/mol. The Morgan fingerprint density at radius 3 is 2.50 bits per heavy atom. The van der Waals surface area contributed by atoms with Crippen LogP contribution in [-0.2, 0) is 0 Å². The van der Waals surface area contributed by atoms with Gasteiger partial charge in [0, 0.05) is 22.0 Å². The molecule has 2 aromatic carbocycles. The minimum Gasteiger partial charge on any atom is -0.497 e. The summed E-state index contributed by atoms with van der Waals surface area (Å²) in [6.45, 7) is 0. The van der Waals surface area contributed by atoms with E-state index in [2.05, 4.69) is 5.32 Å². The molecule has 0 saturated heterocycles. The van der Waals surface area contributed by atoms with Crippen molar-refractivity contribution in [3.8, 4) is 5.75 Å². The van der Waals surface area contributed by atoms with Gasteiger partial charge < -0.3 is 20.2 Å². The predicted octanol–water partition coefficient (Wildman–Crippen LogP) is 3.45. The molecule has 24 heavy (non-hydrogen) atoms. The number of rotatable bonds is 4. The Kier molecular flexibility index (Phi) is 4.14. The van der Waals surface area contributed by atoms with Gasteiger partial charge in [0.25, 0.3) is 11.8 Å². The molecule has 3 aromatic rings.